The van der Waals surface area contributed by atoms with Crippen molar-refractivity contribution in [2.24, 2.45) is 0 Å². The highest BCUT2D eigenvalue weighted by Gasteiger charge is 2.06. The normalized spacial score (nSPS) is 12.9. The van der Waals surface area contributed by atoms with Crippen LogP contribution in [0.2, 0.25) is 0 Å². The minimum Gasteiger partial charge on any atom is -0.259 e. The van der Waals surface area contributed by atoms with E-state index in [0.29, 0.717) is 11.5 Å². The molecule has 2 nitrogen and oxygen atoms in total. The third kappa shape index (κ3) is 31.5. The summed E-state index contributed by atoms with van der Waals surface area (Å²) in [5.74, 6) is 2.90. The highest BCUT2D eigenvalue weighted by atomic mass is 32.2. The van der Waals surface area contributed by atoms with Crippen LogP contribution in [0, 0.1) is 0 Å². The van der Waals surface area contributed by atoms with Crippen molar-refractivity contribution in [3.8, 4) is 0 Å². The summed E-state index contributed by atoms with van der Waals surface area (Å²) in [5, 5.41) is 0. The van der Waals surface area contributed by atoms with Gasteiger partial charge in [-0.2, -0.15) is 0 Å². The molecule has 4 heteroatoms. The van der Waals surface area contributed by atoms with Crippen LogP contribution in [0.25, 0.3) is 0 Å². The average molecular weight is 707 g/mol. The van der Waals surface area contributed by atoms with Gasteiger partial charge in [-0.05, 0) is 24.0 Å². The molecule has 1 aromatic rings. The zero-order valence-corrected chi connectivity index (χ0v) is 34.0. The number of benzene rings is 1. The molecule has 0 heterocycles. The van der Waals surface area contributed by atoms with Gasteiger partial charge in [0.15, 0.2) is 0 Å². The van der Waals surface area contributed by atoms with E-state index in [9.17, 15) is 8.42 Å². The second-order valence-corrected chi connectivity index (χ2v) is 18.2. The summed E-state index contributed by atoms with van der Waals surface area (Å²) in [7, 11) is -1.60. The largest absolute Gasteiger partial charge is 0.259 e. The van der Waals surface area contributed by atoms with Gasteiger partial charge < -0.3 is 0 Å². The third-order valence-electron chi connectivity index (χ3n) is 10.1. The predicted molar refractivity (Wildman–Crippen MR) is 219 cm³/mol. The van der Waals surface area contributed by atoms with Gasteiger partial charge in [-0.25, -0.2) is 0 Å². The smallest absolute Gasteiger partial charge is 0.0485 e. The first kappa shape index (κ1) is 45.5. The van der Waals surface area contributed by atoms with Gasteiger partial charge in [-0.15, -0.1) is 0 Å². The van der Waals surface area contributed by atoms with Crippen molar-refractivity contribution in [1.29, 1.82) is 0 Å². The van der Waals surface area contributed by atoms with E-state index >= 15 is 0 Å². The monoisotopic (exact) mass is 707 g/mol. The molecular formula is C44H82O2S2. The van der Waals surface area contributed by atoms with E-state index < -0.39 is 21.6 Å². The van der Waals surface area contributed by atoms with Gasteiger partial charge in [0.25, 0.3) is 0 Å². The molecule has 0 N–H and O–H groups in total. The van der Waals surface area contributed by atoms with Crippen LogP contribution in [0.3, 0.4) is 0 Å². The third-order valence-corrected chi connectivity index (χ3v) is 12.9. The molecule has 282 valence electrons. The van der Waals surface area contributed by atoms with Crippen LogP contribution in [0.5, 0.6) is 0 Å². The van der Waals surface area contributed by atoms with Crippen LogP contribution in [0.1, 0.15) is 230 Å². The summed E-state index contributed by atoms with van der Waals surface area (Å²) in [6.07, 6.45) is 43.8. The fourth-order valence-corrected chi connectivity index (χ4v) is 9.39. The van der Waals surface area contributed by atoms with Gasteiger partial charge >= 0.3 is 0 Å². The average Bonchev–Trinajstić information content (AvgIpc) is 3.08. The first-order chi connectivity index (χ1) is 23.7. The van der Waals surface area contributed by atoms with Crippen molar-refractivity contribution in [2.75, 3.05) is 11.5 Å². The predicted octanol–water partition coefficient (Wildman–Crippen LogP) is 14.7. The minimum atomic E-state index is -0.800. The van der Waals surface area contributed by atoms with Gasteiger partial charge in [-0.3, -0.25) is 8.42 Å². The fraction of sp³-hybridized carbons (Fsp3) is 0.864. The van der Waals surface area contributed by atoms with E-state index in [1.165, 1.54) is 193 Å². The maximum atomic E-state index is 12.7. The van der Waals surface area contributed by atoms with Crippen LogP contribution in [0.15, 0.2) is 24.3 Å². The summed E-state index contributed by atoms with van der Waals surface area (Å²) < 4.78 is 25.4. The molecule has 0 fully saturated rings. The zero-order valence-electron chi connectivity index (χ0n) is 32.4. The molecular weight excluding hydrogens is 625 g/mol. The summed E-state index contributed by atoms with van der Waals surface area (Å²) in [6.45, 7) is 4.58. The molecule has 0 aromatic heterocycles. The van der Waals surface area contributed by atoms with Crippen LogP contribution < -0.4 is 0 Å². The highest BCUT2D eigenvalue weighted by Crippen LogP contribution is 2.17. The maximum Gasteiger partial charge on any atom is 0.0485 e. The summed E-state index contributed by atoms with van der Waals surface area (Å²) in [6, 6.07) is 8.39. The Balaban J connectivity index is 1.94. The van der Waals surface area contributed by atoms with Crippen molar-refractivity contribution in [3.05, 3.63) is 35.4 Å². The lowest BCUT2D eigenvalue weighted by Gasteiger charge is -2.07. The minimum absolute atomic E-state index is 0.637. The van der Waals surface area contributed by atoms with Gasteiger partial charge in [0.1, 0.15) is 0 Å². The van der Waals surface area contributed by atoms with Gasteiger partial charge in [0.2, 0.25) is 0 Å². The summed E-state index contributed by atoms with van der Waals surface area (Å²) in [4.78, 5) is 0. The molecule has 0 spiro atoms. The molecule has 1 rings (SSSR count). The molecule has 0 aliphatic carbocycles. The lowest BCUT2D eigenvalue weighted by molar-refractivity contribution is 0.531. The molecule has 0 aliphatic rings. The Morgan fingerprint density at radius 1 is 0.354 bits per heavy atom. The van der Waals surface area contributed by atoms with E-state index in [4.69, 9.17) is 0 Å². The van der Waals surface area contributed by atoms with E-state index in [1.807, 2.05) is 0 Å². The highest BCUT2D eigenvalue weighted by molar-refractivity contribution is 7.84. The van der Waals surface area contributed by atoms with Crippen molar-refractivity contribution in [1.82, 2.24) is 0 Å². The quantitative estimate of drug-likeness (QED) is 0.0642. The van der Waals surface area contributed by atoms with Crippen molar-refractivity contribution in [2.45, 2.75) is 231 Å². The Morgan fingerprint density at radius 2 is 0.583 bits per heavy atom. The van der Waals surface area contributed by atoms with Crippen LogP contribution in [-0.4, -0.2) is 19.9 Å². The van der Waals surface area contributed by atoms with Crippen LogP contribution in [0.4, 0.5) is 0 Å². The molecule has 48 heavy (non-hydrogen) atoms. The number of hydrogen-bond acceptors (Lipinski definition) is 2. The Bertz CT molecular complexity index is 789. The summed E-state index contributed by atoms with van der Waals surface area (Å²) >= 11 is 0. The Morgan fingerprint density at radius 3 is 0.833 bits per heavy atom. The Kier molecular flexibility index (Phi) is 34.5. The maximum absolute atomic E-state index is 12.7. The first-order valence-corrected chi connectivity index (χ1v) is 24.4. The van der Waals surface area contributed by atoms with Gasteiger partial charge in [-0.1, -0.05) is 231 Å². The molecule has 0 saturated heterocycles. The number of unbranched alkanes of at least 4 members (excludes halogenated alkanes) is 30. The van der Waals surface area contributed by atoms with Gasteiger partial charge in [0.05, 0.1) is 0 Å². The van der Waals surface area contributed by atoms with Crippen molar-refractivity contribution < 1.29 is 8.42 Å². The lowest BCUT2D eigenvalue weighted by Crippen LogP contribution is -2.04. The Labute approximate surface area is 306 Å². The topological polar surface area (TPSA) is 34.1 Å². The Hall–Kier alpha value is -0.480. The molecule has 0 radical (unpaired) electrons. The molecule has 2 unspecified atom stereocenters. The van der Waals surface area contributed by atoms with Crippen molar-refractivity contribution in [3.63, 3.8) is 0 Å². The zero-order chi connectivity index (χ0) is 34.6. The molecule has 2 atom stereocenters. The molecule has 1 aromatic carbocycles. The molecule has 0 amide bonds. The van der Waals surface area contributed by atoms with Crippen molar-refractivity contribution >= 4 is 21.6 Å². The second kappa shape index (κ2) is 36.3. The van der Waals surface area contributed by atoms with E-state index in [0.717, 1.165) is 35.5 Å². The molecule has 0 saturated carbocycles. The fourth-order valence-electron chi connectivity index (χ4n) is 6.95. The van der Waals surface area contributed by atoms with Crippen LogP contribution >= 0.6 is 0 Å². The second-order valence-electron chi connectivity index (χ2n) is 15.0. The SMILES string of the molecule is CCCCCCCCCCCCCCCCCCS(=O)Cc1cccc(CS(=O)CCCCCCCCCCCCCCCCCC)c1. The number of rotatable bonds is 38. The van der Waals surface area contributed by atoms with E-state index in [-0.39, 0.29) is 0 Å². The van der Waals surface area contributed by atoms with E-state index in [1.54, 1.807) is 0 Å². The van der Waals surface area contributed by atoms with Gasteiger partial charge in [0, 0.05) is 44.6 Å². The lowest BCUT2D eigenvalue weighted by atomic mass is 10.0. The first-order valence-electron chi connectivity index (χ1n) is 21.4. The van der Waals surface area contributed by atoms with E-state index in [2.05, 4.69) is 38.1 Å². The van der Waals surface area contributed by atoms with Crippen LogP contribution in [-0.2, 0) is 33.1 Å². The summed E-state index contributed by atoms with van der Waals surface area (Å²) in [5.41, 5.74) is 2.28. The molecule has 0 aliphatic heterocycles. The number of hydrogen-bond donors (Lipinski definition) is 0. The standard InChI is InChI=1S/C44H82O2S2/c1-3-5-7-9-11-13-15-17-19-21-23-25-27-29-31-33-38-47(45)41-43-36-35-37-44(40-43)42-48(46)39-34-32-30-28-26-24-22-20-18-16-14-12-10-8-6-4-2/h35-37,40H,3-34,38-39,41-42H2,1-2H3. The molecule has 0 bridgehead atoms.